The van der Waals surface area contributed by atoms with Gasteiger partial charge in [-0.2, -0.15) is 0 Å². The van der Waals surface area contributed by atoms with Gasteiger partial charge in [0.1, 0.15) is 0 Å². The van der Waals surface area contributed by atoms with Gasteiger partial charge in [0, 0.05) is 23.7 Å². The molecule has 2 amide bonds. The summed E-state index contributed by atoms with van der Waals surface area (Å²) in [5.41, 5.74) is 0.474. The minimum absolute atomic E-state index is 0.0639. The topological polar surface area (TPSA) is 95.6 Å². The summed E-state index contributed by atoms with van der Waals surface area (Å²) in [6, 6.07) is 11.9. The van der Waals surface area contributed by atoms with Crippen molar-refractivity contribution in [2.24, 2.45) is 0 Å². The summed E-state index contributed by atoms with van der Waals surface area (Å²) in [5.74, 6) is -0.649. The predicted octanol–water partition coefficient (Wildman–Crippen LogP) is 2.49. The summed E-state index contributed by atoms with van der Waals surface area (Å²) < 4.78 is 27.6. The maximum absolute atomic E-state index is 12.6. The monoisotopic (exact) mass is 421 g/mol. The van der Waals surface area contributed by atoms with Crippen molar-refractivity contribution in [3.05, 3.63) is 59.1 Å². The van der Waals surface area contributed by atoms with E-state index in [1.54, 1.807) is 23.1 Å². The Balaban J connectivity index is 1.68. The highest BCUT2D eigenvalue weighted by molar-refractivity contribution is 7.92. The van der Waals surface area contributed by atoms with E-state index in [4.69, 9.17) is 11.6 Å². The lowest BCUT2D eigenvalue weighted by Crippen LogP contribution is -2.38. The Morgan fingerprint density at radius 3 is 2.46 bits per heavy atom. The molecule has 1 saturated heterocycles. The highest BCUT2D eigenvalue weighted by Gasteiger charge is 2.20. The van der Waals surface area contributed by atoms with E-state index in [1.165, 1.54) is 30.3 Å². The van der Waals surface area contributed by atoms with Crippen LogP contribution in [0.3, 0.4) is 0 Å². The summed E-state index contributed by atoms with van der Waals surface area (Å²) in [7, 11) is -3.89. The predicted molar refractivity (Wildman–Crippen MR) is 107 cm³/mol. The molecule has 0 aromatic heterocycles. The van der Waals surface area contributed by atoms with Gasteiger partial charge in [-0.3, -0.25) is 14.3 Å². The summed E-state index contributed by atoms with van der Waals surface area (Å²) in [4.78, 5) is 26.0. The largest absolute Gasteiger partial charge is 0.343 e. The van der Waals surface area contributed by atoms with Gasteiger partial charge in [-0.05, 0) is 49.2 Å². The van der Waals surface area contributed by atoms with E-state index in [-0.39, 0.29) is 22.9 Å². The SMILES string of the molecule is O=C(NCC(=O)N1CCCC1)c1cccc(S(=O)(=O)Nc2cccc(Cl)c2)c1. The van der Waals surface area contributed by atoms with E-state index in [0.717, 1.165) is 12.8 Å². The fourth-order valence-electron chi connectivity index (χ4n) is 2.91. The number of amides is 2. The van der Waals surface area contributed by atoms with Crippen molar-refractivity contribution in [1.82, 2.24) is 10.2 Å². The Labute approximate surface area is 168 Å². The first-order valence-electron chi connectivity index (χ1n) is 8.79. The first-order chi connectivity index (χ1) is 13.3. The van der Waals surface area contributed by atoms with E-state index in [9.17, 15) is 18.0 Å². The number of sulfonamides is 1. The summed E-state index contributed by atoms with van der Waals surface area (Å²) in [5, 5.41) is 2.95. The summed E-state index contributed by atoms with van der Waals surface area (Å²) in [6.45, 7) is 1.30. The first kappa shape index (κ1) is 20.2. The van der Waals surface area contributed by atoms with Gasteiger partial charge in [-0.25, -0.2) is 8.42 Å². The maximum atomic E-state index is 12.6. The van der Waals surface area contributed by atoms with Gasteiger partial charge < -0.3 is 10.2 Å². The molecule has 9 heteroatoms. The van der Waals surface area contributed by atoms with Gasteiger partial charge >= 0.3 is 0 Å². The molecule has 0 unspecified atom stereocenters. The summed E-state index contributed by atoms with van der Waals surface area (Å²) in [6.07, 6.45) is 1.94. The molecule has 2 aromatic rings. The molecule has 148 valence electrons. The smallest absolute Gasteiger partial charge is 0.261 e. The standard InChI is InChI=1S/C19H20ClN3O4S/c20-15-6-4-7-16(12-15)22-28(26,27)17-8-3-5-14(11-17)19(25)21-13-18(24)23-9-1-2-10-23/h3-8,11-12,22H,1-2,9-10,13H2,(H,21,25). The number of hydrogen-bond acceptors (Lipinski definition) is 4. The zero-order valence-electron chi connectivity index (χ0n) is 15.0. The number of carbonyl (C=O) groups is 2. The van der Waals surface area contributed by atoms with Crippen molar-refractivity contribution in [2.45, 2.75) is 17.7 Å². The lowest BCUT2D eigenvalue weighted by atomic mass is 10.2. The van der Waals surface area contributed by atoms with Crippen molar-refractivity contribution >= 4 is 39.1 Å². The Hall–Kier alpha value is -2.58. The molecular weight excluding hydrogens is 402 g/mol. The van der Waals surface area contributed by atoms with Gasteiger partial charge in [-0.15, -0.1) is 0 Å². The van der Waals surface area contributed by atoms with E-state index < -0.39 is 15.9 Å². The number of anilines is 1. The second-order valence-corrected chi connectivity index (χ2v) is 8.53. The van der Waals surface area contributed by atoms with E-state index in [1.807, 2.05) is 0 Å². The molecule has 3 rings (SSSR count). The van der Waals surface area contributed by atoms with Crippen LogP contribution >= 0.6 is 11.6 Å². The molecule has 1 heterocycles. The molecule has 1 aliphatic rings. The molecule has 0 bridgehead atoms. The number of nitrogens with one attached hydrogen (secondary N) is 2. The molecule has 7 nitrogen and oxygen atoms in total. The Morgan fingerprint density at radius 2 is 1.75 bits per heavy atom. The fourth-order valence-corrected chi connectivity index (χ4v) is 4.19. The number of nitrogens with zero attached hydrogens (tertiary/aromatic N) is 1. The number of benzene rings is 2. The van der Waals surface area contributed by atoms with Crippen molar-refractivity contribution in [3.8, 4) is 0 Å². The van der Waals surface area contributed by atoms with Crippen molar-refractivity contribution in [1.29, 1.82) is 0 Å². The third-order valence-corrected chi connectivity index (χ3v) is 5.96. The number of carbonyl (C=O) groups excluding carboxylic acids is 2. The zero-order chi connectivity index (χ0) is 20.1. The van der Waals surface area contributed by atoms with Crippen LogP contribution in [-0.2, 0) is 14.8 Å². The minimum Gasteiger partial charge on any atom is -0.343 e. The van der Waals surface area contributed by atoms with Gasteiger partial charge in [0.05, 0.1) is 17.1 Å². The first-order valence-corrected chi connectivity index (χ1v) is 10.7. The average molecular weight is 422 g/mol. The lowest BCUT2D eigenvalue weighted by molar-refractivity contribution is -0.129. The van der Waals surface area contributed by atoms with Gasteiger partial charge in [-0.1, -0.05) is 23.7 Å². The third kappa shape index (κ3) is 5.02. The maximum Gasteiger partial charge on any atom is 0.261 e. The van der Waals surface area contributed by atoms with E-state index >= 15 is 0 Å². The Bertz CT molecular complexity index is 988. The molecule has 0 aliphatic carbocycles. The normalized spacial score (nSPS) is 14.0. The molecule has 1 aliphatic heterocycles. The quantitative estimate of drug-likeness (QED) is 0.749. The molecule has 28 heavy (non-hydrogen) atoms. The zero-order valence-corrected chi connectivity index (χ0v) is 16.6. The van der Waals surface area contributed by atoms with Crippen molar-refractivity contribution < 1.29 is 18.0 Å². The molecule has 0 spiro atoms. The van der Waals surface area contributed by atoms with Crippen LogP contribution in [-0.4, -0.2) is 44.8 Å². The van der Waals surface area contributed by atoms with Crippen LogP contribution in [0.25, 0.3) is 0 Å². The number of hydrogen-bond donors (Lipinski definition) is 2. The minimum atomic E-state index is -3.89. The average Bonchev–Trinajstić information content (AvgIpc) is 3.20. The molecule has 1 fully saturated rings. The number of halogens is 1. The molecule has 0 saturated carbocycles. The number of likely N-dealkylation sites (tertiary alicyclic amines) is 1. The van der Waals surface area contributed by atoms with Crippen molar-refractivity contribution in [2.75, 3.05) is 24.4 Å². The van der Waals surface area contributed by atoms with Crippen LogP contribution in [0.4, 0.5) is 5.69 Å². The second-order valence-electron chi connectivity index (χ2n) is 6.41. The molecule has 0 radical (unpaired) electrons. The van der Waals surface area contributed by atoms with Crippen LogP contribution in [0.5, 0.6) is 0 Å². The van der Waals surface area contributed by atoms with Crippen LogP contribution in [0.1, 0.15) is 23.2 Å². The second kappa shape index (κ2) is 8.62. The van der Waals surface area contributed by atoms with Crippen molar-refractivity contribution in [3.63, 3.8) is 0 Å². The van der Waals surface area contributed by atoms with Gasteiger partial charge in [0.2, 0.25) is 5.91 Å². The van der Waals surface area contributed by atoms with E-state index in [0.29, 0.717) is 23.8 Å². The van der Waals surface area contributed by atoms with Crippen LogP contribution in [0.2, 0.25) is 5.02 Å². The van der Waals surface area contributed by atoms with Crippen LogP contribution in [0.15, 0.2) is 53.4 Å². The molecule has 2 N–H and O–H groups in total. The van der Waals surface area contributed by atoms with Crippen LogP contribution in [0, 0.1) is 0 Å². The molecular formula is C19H20ClN3O4S. The lowest BCUT2D eigenvalue weighted by Gasteiger charge is -2.15. The molecule has 0 atom stereocenters. The summed E-state index contributed by atoms with van der Waals surface area (Å²) >= 11 is 5.88. The van der Waals surface area contributed by atoms with E-state index in [2.05, 4.69) is 10.0 Å². The Morgan fingerprint density at radius 1 is 1.04 bits per heavy atom. The van der Waals surface area contributed by atoms with Crippen LogP contribution < -0.4 is 10.0 Å². The fraction of sp³-hybridized carbons (Fsp3) is 0.263. The molecule has 2 aromatic carbocycles. The number of rotatable bonds is 6. The third-order valence-electron chi connectivity index (χ3n) is 4.34. The highest BCUT2D eigenvalue weighted by atomic mass is 35.5. The highest BCUT2D eigenvalue weighted by Crippen LogP contribution is 2.20. The van der Waals surface area contributed by atoms with Gasteiger partial charge in [0.25, 0.3) is 15.9 Å². The Kier molecular flexibility index (Phi) is 6.21. The van der Waals surface area contributed by atoms with Gasteiger partial charge in [0.15, 0.2) is 0 Å².